The smallest absolute Gasteiger partial charge is 0.267 e. The molecule has 13 heteroatoms. The third kappa shape index (κ3) is 4.55. The van der Waals surface area contributed by atoms with Crippen LogP contribution >= 0.6 is 0 Å². The number of ether oxygens (including phenoxy) is 3. The molecule has 4 aromatic rings. The van der Waals surface area contributed by atoms with E-state index < -0.39 is 64.7 Å². The molecule has 0 amide bonds. The molecule has 0 spiro atoms. The highest BCUT2D eigenvalue weighted by atomic mass is 16.7. The summed E-state index contributed by atoms with van der Waals surface area (Å²) < 4.78 is 18.7. The number of hydrogen-bond donors (Lipinski definition) is 10. The van der Waals surface area contributed by atoms with Crippen LogP contribution in [0, 0.1) is 0 Å². The van der Waals surface area contributed by atoms with Crippen LogP contribution in [0.25, 0.3) is 0 Å². The Balaban J connectivity index is 1.54. The molecule has 0 unspecified atom stereocenters. The molecule has 43 heavy (non-hydrogen) atoms. The van der Waals surface area contributed by atoms with E-state index in [0.717, 1.165) is 30.3 Å². The Hall–Kier alpha value is -5.24. The molecule has 2 aliphatic rings. The summed E-state index contributed by atoms with van der Waals surface area (Å²) >= 11 is 0. The van der Waals surface area contributed by atoms with Crippen LogP contribution in [0.3, 0.4) is 0 Å². The summed E-state index contributed by atoms with van der Waals surface area (Å²) in [5.41, 5.74) is 0.0630. The lowest BCUT2D eigenvalue weighted by Gasteiger charge is -2.47. The van der Waals surface area contributed by atoms with E-state index in [-0.39, 0.29) is 51.7 Å². The van der Waals surface area contributed by atoms with Crippen LogP contribution in [0.2, 0.25) is 0 Å². The van der Waals surface area contributed by atoms with Gasteiger partial charge in [0, 0.05) is 41.8 Å². The van der Waals surface area contributed by atoms with Crippen molar-refractivity contribution in [1.82, 2.24) is 0 Å². The summed E-state index contributed by atoms with van der Waals surface area (Å²) in [6.07, 6.45) is -6.47. The van der Waals surface area contributed by atoms with Crippen LogP contribution in [-0.2, 0) is 16.9 Å². The van der Waals surface area contributed by atoms with E-state index in [1.54, 1.807) is 0 Å². The number of hydrogen-bond acceptors (Lipinski definition) is 13. The van der Waals surface area contributed by atoms with Gasteiger partial charge in [-0.1, -0.05) is 6.07 Å². The summed E-state index contributed by atoms with van der Waals surface area (Å²) in [7, 11) is 0. The Labute approximate surface area is 242 Å². The van der Waals surface area contributed by atoms with E-state index in [4.69, 9.17) is 14.2 Å². The highest BCUT2D eigenvalue weighted by molar-refractivity contribution is 5.55. The molecule has 10 N–H and O–H groups in total. The first-order valence-electron chi connectivity index (χ1n) is 12.9. The lowest BCUT2D eigenvalue weighted by atomic mass is 9.87. The topological polar surface area (TPSA) is 230 Å². The normalized spacial score (nSPS) is 24.3. The predicted octanol–water partition coefficient (Wildman–Crippen LogP) is 2.73. The van der Waals surface area contributed by atoms with Gasteiger partial charge in [-0.2, -0.15) is 0 Å². The summed E-state index contributed by atoms with van der Waals surface area (Å²) in [4.78, 5) is 0. The molecule has 0 fully saturated rings. The van der Waals surface area contributed by atoms with Crippen molar-refractivity contribution in [1.29, 1.82) is 0 Å². The molecule has 0 aliphatic carbocycles. The Kier molecular flexibility index (Phi) is 6.45. The predicted molar refractivity (Wildman–Crippen MR) is 144 cm³/mol. The molecule has 224 valence electrons. The standard InChI is InChI=1S/C30H26O13/c31-14-7-19(35)16-11-25(28(41-23(16)9-14)12-1-3-17(33)20(36)5-12)43-30(13-2-4-18(34)21(37)6-13)29(40)27(39)26-22(38)8-15(32)10-24(26)42-30/h1-10,25,27-29,31-40H,11H2/t25-,27+,28+,29+,30+/m0/s1. The van der Waals surface area contributed by atoms with Crippen molar-refractivity contribution in [2.45, 2.75) is 36.6 Å². The molecule has 0 saturated heterocycles. The van der Waals surface area contributed by atoms with E-state index in [1.165, 1.54) is 30.3 Å². The highest BCUT2D eigenvalue weighted by Gasteiger charge is 2.56. The van der Waals surface area contributed by atoms with Crippen LogP contribution < -0.4 is 9.47 Å². The quantitative estimate of drug-likeness (QED) is 0.153. The van der Waals surface area contributed by atoms with Crippen molar-refractivity contribution in [3.63, 3.8) is 0 Å². The van der Waals surface area contributed by atoms with Gasteiger partial charge >= 0.3 is 0 Å². The zero-order valence-corrected chi connectivity index (χ0v) is 22.0. The van der Waals surface area contributed by atoms with E-state index >= 15 is 0 Å². The second-order valence-corrected chi connectivity index (χ2v) is 10.3. The summed E-state index contributed by atoms with van der Waals surface area (Å²) in [6.45, 7) is 0. The van der Waals surface area contributed by atoms with E-state index in [9.17, 15) is 51.1 Å². The van der Waals surface area contributed by atoms with E-state index in [0.29, 0.717) is 0 Å². The third-order valence-electron chi connectivity index (χ3n) is 7.55. The lowest BCUT2D eigenvalue weighted by Crippen LogP contribution is -2.55. The number of aliphatic hydroxyl groups excluding tert-OH is 2. The first-order valence-corrected chi connectivity index (χ1v) is 12.9. The number of rotatable bonds is 4. The molecule has 6 rings (SSSR count). The Morgan fingerprint density at radius 3 is 1.95 bits per heavy atom. The van der Waals surface area contributed by atoms with Gasteiger partial charge in [-0.25, -0.2) is 0 Å². The van der Waals surface area contributed by atoms with Gasteiger partial charge in [0.05, 0.1) is 5.56 Å². The van der Waals surface area contributed by atoms with E-state index in [1.807, 2.05) is 0 Å². The van der Waals surface area contributed by atoms with Gasteiger partial charge in [0.1, 0.15) is 46.7 Å². The van der Waals surface area contributed by atoms with Crippen molar-refractivity contribution in [2.75, 3.05) is 0 Å². The average molecular weight is 595 g/mol. The zero-order chi connectivity index (χ0) is 30.8. The zero-order valence-electron chi connectivity index (χ0n) is 22.0. The van der Waals surface area contributed by atoms with Crippen molar-refractivity contribution in [2.24, 2.45) is 0 Å². The van der Waals surface area contributed by atoms with Gasteiger partial charge in [0.25, 0.3) is 5.79 Å². The molecular formula is C30H26O13. The first-order chi connectivity index (χ1) is 20.4. The highest BCUT2D eigenvalue weighted by Crippen LogP contribution is 2.53. The minimum Gasteiger partial charge on any atom is -0.508 e. The van der Waals surface area contributed by atoms with Gasteiger partial charge in [-0.15, -0.1) is 0 Å². The maximum Gasteiger partial charge on any atom is 0.267 e. The number of phenols is 8. The van der Waals surface area contributed by atoms with Gasteiger partial charge < -0.3 is 65.3 Å². The van der Waals surface area contributed by atoms with Gasteiger partial charge in [-0.05, 0) is 35.9 Å². The molecule has 2 aliphatic heterocycles. The lowest BCUT2D eigenvalue weighted by molar-refractivity contribution is -0.307. The van der Waals surface area contributed by atoms with Crippen molar-refractivity contribution in [3.05, 3.63) is 82.9 Å². The minimum absolute atomic E-state index is 0.0663. The van der Waals surface area contributed by atoms with Crippen LogP contribution in [0.4, 0.5) is 0 Å². The molecule has 0 radical (unpaired) electrons. The minimum atomic E-state index is -2.42. The molecule has 2 heterocycles. The molecule has 5 atom stereocenters. The fourth-order valence-electron chi connectivity index (χ4n) is 5.48. The number of phenolic OH excluding ortho intramolecular Hbond substituents is 8. The largest absolute Gasteiger partial charge is 0.508 e. The maximum atomic E-state index is 11.6. The molecule has 0 aromatic heterocycles. The number of fused-ring (bicyclic) bond motifs is 2. The Morgan fingerprint density at radius 1 is 0.651 bits per heavy atom. The van der Waals surface area contributed by atoms with Gasteiger partial charge in [0.2, 0.25) is 0 Å². The SMILES string of the molecule is Oc1cc(O)c2c(c1)O[C@H](c1ccc(O)c(O)c1)[C@@H](O[C@@]1(c3ccc(O)c(O)c3)Oc3cc(O)cc(O)c3[C@@H](O)[C@H]1O)C2. The molecule has 0 saturated carbocycles. The van der Waals surface area contributed by atoms with Crippen LogP contribution in [0.15, 0.2) is 60.7 Å². The third-order valence-corrected chi connectivity index (χ3v) is 7.55. The van der Waals surface area contributed by atoms with E-state index in [2.05, 4.69) is 0 Å². The Bertz CT molecular complexity index is 1740. The molecule has 4 aromatic carbocycles. The summed E-state index contributed by atoms with van der Waals surface area (Å²) in [5, 5.41) is 104. The van der Waals surface area contributed by atoms with Gasteiger partial charge in [0.15, 0.2) is 35.2 Å². The summed E-state index contributed by atoms with van der Waals surface area (Å²) in [6, 6.07) is 11.5. The first kappa shape index (κ1) is 27.9. The van der Waals surface area contributed by atoms with Crippen molar-refractivity contribution < 1.29 is 65.3 Å². The number of benzene rings is 4. The van der Waals surface area contributed by atoms with Crippen LogP contribution in [-0.4, -0.2) is 63.3 Å². The van der Waals surface area contributed by atoms with Crippen LogP contribution in [0.1, 0.15) is 34.5 Å². The number of aliphatic hydroxyl groups is 2. The number of aromatic hydroxyl groups is 8. The monoisotopic (exact) mass is 594 g/mol. The average Bonchev–Trinajstić information content (AvgIpc) is 2.94. The second kappa shape index (κ2) is 9.94. The fraction of sp³-hybridized carbons (Fsp3) is 0.200. The maximum absolute atomic E-state index is 11.6. The molecule has 0 bridgehead atoms. The van der Waals surface area contributed by atoms with Crippen LogP contribution in [0.5, 0.6) is 57.5 Å². The molecule has 13 nitrogen and oxygen atoms in total. The van der Waals surface area contributed by atoms with Gasteiger partial charge in [-0.3, -0.25) is 0 Å². The Morgan fingerprint density at radius 2 is 1.28 bits per heavy atom. The second-order valence-electron chi connectivity index (χ2n) is 10.3. The fourth-order valence-corrected chi connectivity index (χ4v) is 5.48. The summed E-state index contributed by atoms with van der Waals surface area (Å²) in [5.74, 6) is -6.38. The van der Waals surface area contributed by atoms with Crippen molar-refractivity contribution in [3.8, 4) is 57.5 Å². The molecular weight excluding hydrogens is 568 g/mol. The van der Waals surface area contributed by atoms with Crippen molar-refractivity contribution >= 4 is 0 Å².